The molecule has 0 amide bonds. The number of hydrogen-bond donors (Lipinski definition) is 2. The number of hydrogen-bond acceptors (Lipinski definition) is 1. The maximum Gasteiger partial charge on any atom is 0.0185 e. The third kappa shape index (κ3) is 1.71. The Morgan fingerprint density at radius 2 is 2.27 bits per heavy atom. The van der Waals surface area contributed by atoms with Crippen LogP contribution in [0, 0.1) is 5.92 Å². The molecule has 0 aliphatic heterocycles. The second-order valence-corrected chi connectivity index (χ2v) is 5.65. The van der Waals surface area contributed by atoms with Crippen molar-refractivity contribution in [3.63, 3.8) is 0 Å². The first kappa shape index (κ1) is 9.46. The molecule has 1 aromatic heterocycles. The van der Waals surface area contributed by atoms with Crippen LogP contribution in [0.2, 0.25) is 0 Å². The lowest BCUT2D eigenvalue weighted by atomic mass is 10.0. The number of rotatable bonds is 3. The lowest BCUT2D eigenvalue weighted by Gasteiger charge is -2.08. The van der Waals surface area contributed by atoms with Crippen LogP contribution in [0.1, 0.15) is 43.0 Å². The second-order valence-electron chi connectivity index (χ2n) is 5.65. The van der Waals surface area contributed by atoms with E-state index in [9.17, 15) is 0 Å². The zero-order valence-electron chi connectivity index (χ0n) is 9.47. The molecule has 1 fully saturated rings. The summed E-state index contributed by atoms with van der Waals surface area (Å²) in [5, 5.41) is 0. The molecule has 15 heavy (non-hydrogen) atoms. The fourth-order valence-electron chi connectivity index (χ4n) is 2.77. The smallest absolute Gasteiger partial charge is 0.0185 e. The molecular weight excluding hydrogens is 184 g/mol. The van der Waals surface area contributed by atoms with E-state index in [1.54, 1.807) is 5.56 Å². The largest absolute Gasteiger partial charge is 0.364 e. The quantitative estimate of drug-likeness (QED) is 0.778. The average Bonchev–Trinajstić information content (AvgIpc) is 2.65. The van der Waals surface area contributed by atoms with Gasteiger partial charge in [0.2, 0.25) is 0 Å². The van der Waals surface area contributed by atoms with Crippen LogP contribution in [0.15, 0.2) is 6.20 Å². The van der Waals surface area contributed by atoms with Gasteiger partial charge in [0.1, 0.15) is 0 Å². The molecule has 0 radical (unpaired) electrons. The van der Waals surface area contributed by atoms with Crippen molar-refractivity contribution in [3.8, 4) is 0 Å². The summed E-state index contributed by atoms with van der Waals surface area (Å²) < 4.78 is 0. The minimum Gasteiger partial charge on any atom is -0.364 e. The summed E-state index contributed by atoms with van der Waals surface area (Å²) in [7, 11) is 0. The molecule has 3 rings (SSSR count). The molecule has 0 bridgehead atoms. The molecule has 3 N–H and O–H groups in total. The maximum atomic E-state index is 6.13. The van der Waals surface area contributed by atoms with E-state index < -0.39 is 0 Å². The summed E-state index contributed by atoms with van der Waals surface area (Å²) in [6.07, 6.45) is 9.53. The molecule has 1 atom stereocenters. The minimum absolute atomic E-state index is 0.203. The van der Waals surface area contributed by atoms with E-state index in [1.807, 2.05) is 0 Å². The second kappa shape index (κ2) is 3.11. The van der Waals surface area contributed by atoms with Crippen molar-refractivity contribution >= 4 is 0 Å². The Balaban J connectivity index is 1.71. The number of aryl methyl sites for hydroxylation is 1. The van der Waals surface area contributed by atoms with E-state index in [0.717, 1.165) is 5.92 Å². The van der Waals surface area contributed by atoms with Crippen LogP contribution >= 0.6 is 0 Å². The fraction of sp³-hybridized carbons (Fsp3) is 0.692. The highest BCUT2D eigenvalue weighted by molar-refractivity contribution is 5.35. The van der Waals surface area contributed by atoms with Gasteiger partial charge in [-0.15, -0.1) is 0 Å². The number of nitrogens with two attached hydrogens (primary N) is 1. The zero-order chi connectivity index (χ0) is 10.5. The number of fused-ring (bicyclic) bond motifs is 1. The Labute approximate surface area is 91.3 Å². The fourth-order valence-corrected chi connectivity index (χ4v) is 2.77. The third-order valence-electron chi connectivity index (χ3n) is 4.06. The maximum absolute atomic E-state index is 6.13. The predicted octanol–water partition coefficient (Wildman–Crippen LogP) is 2.17. The molecule has 1 unspecified atom stereocenters. The van der Waals surface area contributed by atoms with Crippen LogP contribution in [-0.2, 0) is 19.3 Å². The molecule has 1 aromatic rings. The van der Waals surface area contributed by atoms with Crippen LogP contribution in [0.3, 0.4) is 0 Å². The van der Waals surface area contributed by atoms with Crippen molar-refractivity contribution < 1.29 is 0 Å². The Morgan fingerprint density at radius 3 is 3.00 bits per heavy atom. The molecule has 1 heterocycles. The predicted molar refractivity (Wildman–Crippen MR) is 61.8 cm³/mol. The summed E-state index contributed by atoms with van der Waals surface area (Å²) in [6, 6.07) is 0. The van der Waals surface area contributed by atoms with E-state index in [0.29, 0.717) is 0 Å². The minimum atomic E-state index is 0.203. The highest BCUT2D eigenvalue weighted by Gasteiger charge is 2.37. The molecule has 0 aromatic carbocycles. The number of H-pyrrole nitrogens is 1. The van der Waals surface area contributed by atoms with E-state index >= 15 is 0 Å². The van der Waals surface area contributed by atoms with Crippen molar-refractivity contribution in [2.75, 3.05) is 0 Å². The Bertz CT molecular complexity index is 374. The van der Waals surface area contributed by atoms with Gasteiger partial charge in [0.15, 0.2) is 0 Å². The zero-order valence-corrected chi connectivity index (χ0v) is 9.47. The molecule has 0 spiro atoms. The number of aromatic amines is 1. The van der Waals surface area contributed by atoms with Gasteiger partial charge in [-0.25, -0.2) is 0 Å². The van der Waals surface area contributed by atoms with E-state index in [2.05, 4.69) is 18.1 Å². The van der Waals surface area contributed by atoms with Crippen LogP contribution in [-0.4, -0.2) is 10.5 Å². The molecule has 2 nitrogen and oxygen atoms in total. The van der Waals surface area contributed by atoms with Gasteiger partial charge in [0, 0.05) is 17.4 Å². The van der Waals surface area contributed by atoms with E-state index in [4.69, 9.17) is 5.73 Å². The van der Waals surface area contributed by atoms with Crippen molar-refractivity contribution in [1.29, 1.82) is 0 Å². The summed E-state index contributed by atoms with van der Waals surface area (Å²) in [5.41, 5.74) is 11.0. The first-order valence-corrected chi connectivity index (χ1v) is 6.13. The van der Waals surface area contributed by atoms with Crippen LogP contribution in [0.25, 0.3) is 0 Å². The topological polar surface area (TPSA) is 41.8 Å². The lowest BCUT2D eigenvalue weighted by Crippen LogP contribution is -2.22. The van der Waals surface area contributed by atoms with Crippen molar-refractivity contribution in [1.82, 2.24) is 4.98 Å². The van der Waals surface area contributed by atoms with Gasteiger partial charge in [-0.05, 0) is 55.6 Å². The van der Waals surface area contributed by atoms with Crippen molar-refractivity contribution in [2.24, 2.45) is 11.7 Å². The van der Waals surface area contributed by atoms with Crippen molar-refractivity contribution in [2.45, 2.75) is 51.0 Å². The van der Waals surface area contributed by atoms with Gasteiger partial charge in [-0.2, -0.15) is 0 Å². The average molecular weight is 204 g/mol. The highest BCUT2D eigenvalue weighted by Crippen LogP contribution is 2.38. The number of aromatic nitrogens is 1. The molecule has 0 saturated heterocycles. The van der Waals surface area contributed by atoms with Gasteiger partial charge in [0.25, 0.3) is 0 Å². The Morgan fingerprint density at radius 1 is 1.47 bits per heavy atom. The standard InChI is InChI=1S/C13H20N2/c1-9-6-11-10(8-15-12(11)7-9)2-3-13(14)4-5-13/h8-9,15H,2-7,14H2,1H3. The summed E-state index contributed by atoms with van der Waals surface area (Å²) >= 11 is 0. The van der Waals surface area contributed by atoms with Gasteiger partial charge < -0.3 is 10.7 Å². The van der Waals surface area contributed by atoms with Gasteiger partial charge in [-0.1, -0.05) is 6.92 Å². The summed E-state index contributed by atoms with van der Waals surface area (Å²) in [6.45, 7) is 2.34. The Hall–Kier alpha value is -0.760. The summed E-state index contributed by atoms with van der Waals surface area (Å²) in [4.78, 5) is 3.43. The lowest BCUT2D eigenvalue weighted by molar-refractivity contribution is 0.598. The highest BCUT2D eigenvalue weighted by atomic mass is 14.8. The molecule has 1 saturated carbocycles. The molecule has 2 aliphatic carbocycles. The normalized spacial score (nSPS) is 26.7. The van der Waals surface area contributed by atoms with Crippen LogP contribution in [0.5, 0.6) is 0 Å². The molecule has 2 heteroatoms. The number of nitrogens with one attached hydrogen (secondary N) is 1. The van der Waals surface area contributed by atoms with E-state index in [-0.39, 0.29) is 5.54 Å². The summed E-state index contributed by atoms with van der Waals surface area (Å²) in [5.74, 6) is 0.832. The monoisotopic (exact) mass is 204 g/mol. The van der Waals surface area contributed by atoms with E-state index in [1.165, 1.54) is 49.8 Å². The molecule has 82 valence electrons. The van der Waals surface area contributed by atoms with Crippen LogP contribution in [0.4, 0.5) is 0 Å². The van der Waals surface area contributed by atoms with Gasteiger partial charge in [0.05, 0.1) is 0 Å². The van der Waals surface area contributed by atoms with Crippen molar-refractivity contribution in [3.05, 3.63) is 23.0 Å². The van der Waals surface area contributed by atoms with Gasteiger partial charge in [-0.3, -0.25) is 0 Å². The van der Waals surface area contributed by atoms with Crippen LogP contribution < -0.4 is 5.73 Å². The Kier molecular flexibility index (Phi) is 1.96. The third-order valence-corrected chi connectivity index (χ3v) is 4.06. The molecular formula is C13H20N2. The first-order valence-electron chi connectivity index (χ1n) is 6.13. The SMILES string of the molecule is CC1Cc2[nH]cc(CCC3(N)CC3)c2C1. The van der Waals surface area contributed by atoms with Gasteiger partial charge >= 0.3 is 0 Å². The molecule has 2 aliphatic rings. The first-order chi connectivity index (χ1) is 7.16.